The standard InChI is InChI=1S/C25H33N9O2/c1-31-9-10-34(24(31)36)19-3-2-8-32(12-19)20-11-28-21(22(26)35)23(30-20)29-17-4-6-18(7-5-17)33-15-25(16-33)13-27-14-25/h4-7,11,19,27H,2-3,8-10,12-16H2,1H3,(H2,26,35)(H,29,30)/t19-/m1/s1. The zero-order chi connectivity index (χ0) is 24.9. The van der Waals surface area contributed by atoms with Gasteiger partial charge in [-0.3, -0.25) is 4.79 Å². The highest BCUT2D eigenvalue weighted by Gasteiger charge is 2.47. The van der Waals surface area contributed by atoms with Crippen LogP contribution in [0.5, 0.6) is 0 Å². The average molecular weight is 492 g/mol. The van der Waals surface area contributed by atoms with E-state index in [9.17, 15) is 9.59 Å². The molecule has 4 aliphatic heterocycles. The number of nitrogens with zero attached hydrogens (tertiary/aromatic N) is 6. The van der Waals surface area contributed by atoms with Crippen LogP contribution in [0.25, 0.3) is 0 Å². The van der Waals surface area contributed by atoms with Gasteiger partial charge < -0.3 is 36.0 Å². The molecule has 4 saturated heterocycles. The number of urea groups is 1. The third kappa shape index (κ3) is 4.06. The van der Waals surface area contributed by atoms with E-state index in [2.05, 4.69) is 37.6 Å². The highest BCUT2D eigenvalue weighted by Crippen LogP contribution is 2.37. The molecule has 3 amide bonds. The number of piperidine rings is 1. The van der Waals surface area contributed by atoms with Crippen molar-refractivity contribution in [2.24, 2.45) is 11.1 Å². The van der Waals surface area contributed by atoms with Crippen molar-refractivity contribution in [3.63, 3.8) is 0 Å². The first-order valence-corrected chi connectivity index (χ1v) is 12.7. The number of likely N-dealkylation sites (N-methyl/N-ethyl adjacent to an activating group) is 1. The molecule has 4 fully saturated rings. The molecule has 190 valence electrons. The van der Waals surface area contributed by atoms with Gasteiger partial charge in [0, 0.05) is 76.2 Å². The lowest BCUT2D eigenvalue weighted by Gasteiger charge is -2.57. The zero-order valence-electron chi connectivity index (χ0n) is 20.6. The van der Waals surface area contributed by atoms with E-state index in [-0.39, 0.29) is 17.8 Å². The van der Waals surface area contributed by atoms with Crippen molar-refractivity contribution < 1.29 is 9.59 Å². The number of anilines is 4. The van der Waals surface area contributed by atoms with Gasteiger partial charge in [0.25, 0.3) is 5.91 Å². The summed E-state index contributed by atoms with van der Waals surface area (Å²) >= 11 is 0. The van der Waals surface area contributed by atoms with E-state index in [0.717, 1.165) is 64.3 Å². The fraction of sp³-hybridized carbons (Fsp3) is 0.520. The summed E-state index contributed by atoms with van der Waals surface area (Å²) in [5.41, 5.74) is 8.19. The molecule has 11 nitrogen and oxygen atoms in total. The number of nitrogens with one attached hydrogen (secondary N) is 2. The molecule has 0 bridgehead atoms. The van der Waals surface area contributed by atoms with Gasteiger partial charge in [0.2, 0.25) is 0 Å². The van der Waals surface area contributed by atoms with Gasteiger partial charge in [-0.1, -0.05) is 0 Å². The summed E-state index contributed by atoms with van der Waals surface area (Å²) < 4.78 is 0. The predicted molar refractivity (Wildman–Crippen MR) is 138 cm³/mol. The Morgan fingerprint density at radius 1 is 1.14 bits per heavy atom. The SMILES string of the molecule is CN1CCN([C@@H]2CCCN(c3cnc(C(N)=O)c(Nc4ccc(N5CC6(CNC6)C5)cc4)n3)C2)C1=O. The van der Waals surface area contributed by atoms with Crippen molar-refractivity contribution in [3.8, 4) is 0 Å². The molecule has 0 radical (unpaired) electrons. The summed E-state index contributed by atoms with van der Waals surface area (Å²) in [5.74, 6) is 0.384. The average Bonchev–Trinajstić information content (AvgIpc) is 3.16. The number of aromatic nitrogens is 2. The van der Waals surface area contributed by atoms with Crippen LogP contribution < -0.4 is 26.2 Å². The zero-order valence-corrected chi connectivity index (χ0v) is 20.6. The molecular weight excluding hydrogens is 458 g/mol. The molecule has 1 spiro atoms. The highest BCUT2D eigenvalue weighted by molar-refractivity contribution is 5.96. The Bertz CT molecular complexity index is 1160. The molecule has 11 heteroatoms. The van der Waals surface area contributed by atoms with Crippen molar-refractivity contribution in [1.29, 1.82) is 0 Å². The van der Waals surface area contributed by atoms with Crippen molar-refractivity contribution >= 4 is 34.9 Å². The maximum Gasteiger partial charge on any atom is 0.320 e. The summed E-state index contributed by atoms with van der Waals surface area (Å²) in [6.45, 7) is 7.40. The number of benzene rings is 1. The fourth-order valence-corrected chi connectivity index (χ4v) is 5.76. The quantitative estimate of drug-likeness (QED) is 0.548. The van der Waals surface area contributed by atoms with Gasteiger partial charge in [-0.15, -0.1) is 0 Å². The second-order valence-corrected chi connectivity index (χ2v) is 10.6. The maximum absolute atomic E-state index is 12.5. The van der Waals surface area contributed by atoms with Crippen LogP contribution in [0.1, 0.15) is 23.3 Å². The first kappa shape index (κ1) is 22.8. The van der Waals surface area contributed by atoms with Gasteiger partial charge in [0.05, 0.1) is 12.2 Å². The van der Waals surface area contributed by atoms with Crippen LogP contribution in [0.4, 0.5) is 27.8 Å². The maximum atomic E-state index is 12.5. The van der Waals surface area contributed by atoms with Gasteiger partial charge in [-0.2, -0.15) is 0 Å². The number of hydrogen-bond donors (Lipinski definition) is 3. The van der Waals surface area contributed by atoms with Crippen LogP contribution in [0.15, 0.2) is 30.5 Å². The summed E-state index contributed by atoms with van der Waals surface area (Å²) in [6, 6.07) is 8.37. The number of rotatable bonds is 6. The van der Waals surface area contributed by atoms with E-state index in [1.54, 1.807) is 11.1 Å². The third-order valence-corrected chi connectivity index (χ3v) is 7.95. The van der Waals surface area contributed by atoms with Crippen LogP contribution in [0.2, 0.25) is 0 Å². The Labute approximate surface area is 210 Å². The lowest BCUT2D eigenvalue weighted by molar-refractivity contribution is 0.0996. The molecule has 1 atom stereocenters. The Morgan fingerprint density at radius 3 is 2.56 bits per heavy atom. The van der Waals surface area contributed by atoms with E-state index in [0.29, 0.717) is 23.6 Å². The fourth-order valence-electron chi connectivity index (χ4n) is 5.76. The van der Waals surface area contributed by atoms with Crippen molar-refractivity contribution in [2.75, 3.05) is 74.5 Å². The Morgan fingerprint density at radius 2 is 1.92 bits per heavy atom. The molecule has 0 unspecified atom stereocenters. The van der Waals surface area contributed by atoms with E-state index < -0.39 is 5.91 Å². The Kier molecular flexibility index (Phi) is 5.59. The largest absolute Gasteiger partial charge is 0.370 e. The molecule has 4 aliphatic rings. The van der Waals surface area contributed by atoms with E-state index in [4.69, 9.17) is 10.7 Å². The molecule has 2 aromatic rings. The van der Waals surface area contributed by atoms with Gasteiger partial charge >= 0.3 is 6.03 Å². The number of primary amides is 1. The summed E-state index contributed by atoms with van der Waals surface area (Å²) in [5, 5.41) is 6.62. The minimum Gasteiger partial charge on any atom is -0.370 e. The molecule has 0 saturated carbocycles. The number of carbonyl (C=O) groups excluding carboxylic acids is 2. The molecule has 1 aromatic carbocycles. The van der Waals surface area contributed by atoms with Gasteiger partial charge in [0.1, 0.15) is 5.82 Å². The molecule has 4 N–H and O–H groups in total. The minimum atomic E-state index is -0.629. The van der Waals surface area contributed by atoms with Crippen molar-refractivity contribution in [1.82, 2.24) is 25.1 Å². The smallest absolute Gasteiger partial charge is 0.320 e. The number of nitrogens with two attached hydrogens (primary N) is 1. The first-order valence-electron chi connectivity index (χ1n) is 12.7. The predicted octanol–water partition coefficient (Wildman–Crippen LogP) is 1.06. The van der Waals surface area contributed by atoms with Gasteiger partial charge in [-0.05, 0) is 37.1 Å². The summed E-state index contributed by atoms with van der Waals surface area (Å²) in [7, 11) is 1.84. The lowest BCUT2D eigenvalue weighted by Crippen LogP contribution is -2.71. The second-order valence-electron chi connectivity index (χ2n) is 10.6. The third-order valence-electron chi connectivity index (χ3n) is 7.95. The van der Waals surface area contributed by atoms with E-state index >= 15 is 0 Å². The van der Waals surface area contributed by atoms with Crippen LogP contribution >= 0.6 is 0 Å². The number of hydrogen-bond acceptors (Lipinski definition) is 8. The van der Waals surface area contributed by atoms with Crippen LogP contribution in [-0.2, 0) is 0 Å². The first-order chi connectivity index (χ1) is 17.4. The summed E-state index contributed by atoms with van der Waals surface area (Å²) in [6.07, 6.45) is 3.52. The molecule has 5 heterocycles. The van der Waals surface area contributed by atoms with E-state index in [1.165, 1.54) is 5.69 Å². The number of amides is 3. The number of carbonyl (C=O) groups is 2. The molecule has 1 aromatic heterocycles. The van der Waals surface area contributed by atoms with Gasteiger partial charge in [0.15, 0.2) is 11.5 Å². The van der Waals surface area contributed by atoms with Gasteiger partial charge in [-0.25, -0.2) is 14.8 Å². The van der Waals surface area contributed by atoms with Crippen molar-refractivity contribution in [2.45, 2.75) is 18.9 Å². The monoisotopic (exact) mass is 491 g/mol. The minimum absolute atomic E-state index is 0.0839. The topological polar surface area (TPSA) is 123 Å². The molecule has 6 rings (SSSR count). The normalized spacial score (nSPS) is 23.0. The molecule has 36 heavy (non-hydrogen) atoms. The Hall–Kier alpha value is -3.60. The van der Waals surface area contributed by atoms with Crippen LogP contribution in [0.3, 0.4) is 0 Å². The molecule has 0 aliphatic carbocycles. The second kappa shape index (κ2) is 8.81. The highest BCUT2D eigenvalue weighted by atomic mass is 16.2. The van der Waals surface area contributed by atoms with Crippen molar-refractivity contribution in [3.05, 3.63) is 36.2 Å². The lowest BCUT2D eigenvalue weighted by atomic mass is 9.74. The van der Waals surface area contributed by atoms with Crippen LogP contribution in [0, 0.1) is 5.41 Å². The van der Waals surface area contributed by atoms with Crippen LogP contribution in [-0.4, -0.2) is 97.2 Å². The van der Waals surface area contributed by atoms with E-state index in [1.807, 2.05) is 24.1 Å². The molecular formula is C25H33N9O2. The Balaban J connectivity index is 1.17. The summed E-state index contributed by atoms with van der Waals surface area (Å²) in [4.78, 5) is 41.9.